The molecular formula is C14H17F4N3O3S. The number of thioether (sulfide) groups is 1. The van der Waals surface area contributed by atoms with Crippen LogP contribution in [0.2, 0.25) is 0 Å². The number of carbonyl (C=O) groups excluding carboxylic acids is 2. The van der Waals surface area contributed by atoms with E-state index in [9.17, 15) is 27.2 Å². The maximum atomic E-state index is 13.9. The number of carbonyl (C=O) groups is 2. The van der Waals surface area contributed by atoms with Crippen LogP contribution >= 0.6 is 11.8 Å². The summed E-state index contributed by atoms with van der Waals surface area (Å²) >= 11 is -0.0815. The lowest BCUT2D eigenvalue weighted by molar-refractivity contribution is 0.0741. The molecule has 25 heavy (non-hydrogen) atoms. The predicted molar refractivity (Wildman–Crippen MR) is 84.9 cm³/mol. The quantitative estimate of drug-likeness (QED) is 0.459. The molecule has 0 aromatic heterocycles. The molecule has 2 N–H and O–H groups in total. The van der Waals surface area contributed by atoms with Crippen molar-refractivity contribution < 1.29 is 31.9 Å². The topological polar surface area (TPSA) is 70.7 Å². The third-order valence-electron chi connectivity index (χ3n) is 2.76. The summed E-state index contributed by atoms with van der Waals surface area (Å²) < 4.78 is 57.2. The fourth-order valence-corrected chi connectivity index (χ4v) is 2.37. The monoisotopic (exact) mass is 383 g/mol. The third kappa shape index (κ3) is 6.33. The summed E-state index contributed by atoms with van der Waals surface area (Å²) in [7, 11) is 1.17. The van der Waals surface area contributed by atoms with Crippen LogP contribution in [0.15, 0.2) is 17.0 Å². The van der Waals surface area contributed by atoms with Gasteiger partial charge in [0.15, 0.2) is 6.67 Å². The predicted octanol–water partition coefficient (Wildman–Crippen LogP) is 3.91. The Labute approximate surface area is 145 Å². The SMILES string of the molecule is CCOC(=O)NN(C)C(=O)Nc1cc(SC(F)(F)CF)c(C)cc1F. The molecule has 0 radical (unpaired) electrons. The summed E-state index contributed by atoms with van der Waals surface area (Å²) in [6.45, 7) is 1.13. The molecule has 0 spiro atoms. The number of nitrogens with zero attached hydrogens (tertiary/aromatic N) is 1. The van der Waals surface area contributed by atoms with Gasteiger partial charge in [0.2, 0.25) is 0 Å². The van der Waals surface area contributed by atoms with Gasteiger partial charge in [-0.1, -0.05) is 0 Å². The molecule has 3 amide bonds. The van der Waals surface area contributed by atoms with E-state index in [4.69, 9.17) is 0 Å². The van der Waals surface area contributed by atoms with Gasteiger partial charge >= 0.3 is 17.4 Å². The molecule has 0 unspecified atom stereocenters. The van der Waals surface area contributed by atoms with Crippen LogP contribution in [0.1, 0.15) is 12.5 Å². The lowest BCUT2D eigenvalue weighted by atomic mass is 10.2. The molecule has 0 saturated carbocycles. The molecule has 0 aliphatic rings. The molecule has 0 aliphatic heterocycles. The number of alkyl halides is 3. The number of anilines is 1. The number of amides is 3. The van der Waals surface area contributed by atoms with Crippen LogP contribution in [0.5, 0.6) is 0 Å². The number of ether oxygens (including phenoxy) is 1. The van der Waals surface area contributed by atoms with Crippen LogP contribution < -0.4 is 10.7 Å². The first kappa shape index (κ1) is 20.9. The summed E-state index contributed by atoms with van der Waals surface area (Å²) in [5.41, 5.74) is 1.82. The van der Waals surface area contributed by atoms with E-state index in [0.717, 1.165) is 12.1 Å². The second kappa shape index (κ2) is 8.79. The molecule has 0 fully saturated rings. The highest BCUT2D eigenvalue weighted by Gasteiger charge is 2.31. The maximum Gasteiger partial charge on any atom is 0.426 e. The van der Waals surface area contributed by atoms with E-state index in [1.807, 2.05) is 0 Å². The molecule has 1 aromatic carbocycles. The Kier molecular flexibility index (Phi) is 7.34. The Hall–Kier alpha value is -2.17. The van der Waals surface area contributed by atoms with E-state index in [2.05, 4.69) is 15.5 Å². The highest BCUT2D eigenvalue weighted by Crippen LogP contribution is 2.39. The van der Waals surface area contributed by atoms with Gasteiger partial charge in [-0.05, 0) is 43.3 Å². The first-order valence-electron chi connectivity index (χ1n) is 7.00. The van der Waals surface area contributed by atoms with Crippen LogP contribution in [0, 0.1) is 12.7 Å². The van der Waals surface area contributed by atoms with Crippen LogP contribution in [-0.4, -0.2) is 42.7 Å². The van der Waals surface area contributed by atoms with Crippen molar-refractivity contribution >= 4 is 29.6 Å². The van der Waals surface area contributed by atoms with Crippen LogP contribution in [-0.2, 0) is 4.74 Å². The van der Waals surface area contributed by atoms with Gasteiger partial charge in [0.05, 0.1) is 12.3 Å². The lowest BCUT2D eigenvalue weighted by Crippen LogP contribution is -2.45. The third-order valence-corrected chi connectivity index (χ3v) is 3.83. The zero-order valence-electron chi connectivity index (χ0n) is 13.7. The normalized spacial score (nSPS) is 11.0. The summed E-state index contributed by atoms with van der Waals surface area (Å²) in [4.78, 5) is 23.0. The zero-order chi connectivity index (χ0) is 19.2. The molecule has 0 saturated heterocycles. The van der Waals surface area contributed by atoms with E-state index in [1.54, 1.807) is 6.92 Å². The van der Waals surface area contributed by atoms with Gasteiger partial charge in [-0.15, -0.1) is 0 Å². The number of halogens is 4. The molecule has 0 atom stereocenters. The minimum atomic E-state index is -3.67. The standard InChI is InChI=1S/C14H17F4N3O3S/c1-4-24-13(23)20-21(3)12(22)19-10-6-11(8(2)5-9(10)16)25-14(17,18)7-15/h5-6H,4,7H2,1-3H3,(H,19,22)(H,20,23). The van der Waals surface area contributed by atoms with Gasteiger partial charge in [0.25, 0.3) is 0 Å². The van der Waals surface area contributed by atoms with Gasteiger partial charge in [-0.25, -0.2) is 28.8 Å². The Bertz CT molecular complexity index is 646. The largest absolute Gasteiger partial charge is 0.449 e. The van der Waals surface area contributed by atoms with Crippen molar-refractivity contribution in [3.8, 4) is 0 Å². The van der Waals surface area contributed by atoms with Crippen molar-refractivity contribution in [2.45, 2.75) is 24.0 Å². The summed E-state index contributed by atoms with van der Waals surface area (Å²) in [6, 6.07) is 0.962. The van der Waals surface area contributed by atoms with Crippen molar-refractivity contribution in [2.24, 2.45) is 0 Å². The highest BCUT2D eigenvalue weighted by atomic mass is 32.2. The summed E-state index contributed by atoms with van der Waals surface area (Å²) in [6.07, 6.45) is -0.900. The van der Waals surface area contributed by atoms with Crippen LogP contribution in [0.3, 0.4) is 0 Å². The molecule has 1 rings (SSSR count). The Balaban J connectivity index is 2.90. The first-order chi connectivity index (χ1) is 11.6. The molecule has 140 valence electrons. The number of hydrogen-bond acceptors (Lipinski definition) is 4. The summed E-state index contributed by atoms with van der Waals surface area (Å²) in [5, 5.41) is -0.861. The fraction of sp³-hybridized carbons (Fsp3) is 0.429. The summed E-state index contributed by atoms with van der Waals surface area (Å²) in [5.74, 6) is -0.872. The smallest absolute Gasteiger partial charge is 0.426 e. The molecular weight excluding hydrogens is 366 g/mol. The lowest BCUT2D eigenvalue weighted by Gasteiger charge is -2.19. The zero-order valence-corrected chi connectivity index (χ0v) is 14.5. The Morgan fingerprint density at radius 1 is 1.36 bits per heavy atom. The van der Waals surface area contributed by atoms with Crippen molar-refractivity contribution in [1.29, 1.82) is 0 Å². The van der Waals surface area contributed by atoms with Crippen LogP contribution in [0.4, 0.5) is 32.8 Å². The van der Waals surface area contributed by atoms with Gasteiger partial charge in [-0.3, -0.25) is 0 Å². The van der Waals surface area contributed by atoms with Crippen molar-refractivity contribution in [1.82, 2.24) is 10.4 Å². The number of rotatable bonds is 5. The molecule has 0 bridgehead atoms. The van der Waals surface area contributed by atoms with E-state index in [0.29, 0.717) is 5.01 Å². The first-order valence-corrected chi connectivity index (χ1v) is 7.82. The molecule has 11 heteroatoms. The van der Waals surface area contributed by atoms with Gasteiger partial charge in [-0.2, -0.15) is 8.78 Å². The molecule has 1 aromatic rings. The second-order valence-electron chi connectivity index (χ2n) is 4.79. The van der Waals surface area contributed by atoms with E-state index in [-0.39, 0.29) is 28.8 Å². The van der Waals surface area contributed by atoms with E-state index >= 15 is 0 Å². The fourth-order valence-electron chi connectivity index (χ4n) is 1.60. The number of nitrogens with one attached hydrogen (secondary N) is 2. The van der Waals surface area contributed by atoms with E-state index < -0.39 is 35.6 Å². The second-order valence-corrected chi connectivity index (χ2v) is 6.03. The number of hydrazine groups is 1. The minimum absolute atomic E-state index is 0.0806. The van der Waals surface area contributed by atoms with Gasteiger partial charge < -0.3 is 10.1 Å². The number of urea groups is 1. The Morgan fingerprint density at radius 2 is 2.00 bits per heavy atom. The van der Waals surface area contributed by atoms with Gasteiger partial charge in [0, 0.05) is 11.9 Å². The average Bonchev–Trinajstić information content (AvgIpc) is 2.51. The van der Waals surface area contributed by atoms with E-state index in [1.165, 1.54) is 14.0 Å². The minimum Gasteiger partial charge on any atom is -0.449 e. The number of hydrogen-bond donors (Lipinski definition) is 2. The highest BCUT2D eigenvalue weighted by molar-refractivity contribution is 8.00. The van der Waals surface area contributed by atoms with Crippen molar-refractivity contribution in [3.05, 3.63) is 23.5 Å². The molecule has 0 heterocycles. The van der Waals surface area contributed by atoms with Crippen LogP contribution in [0.25, 0.3) is 0 Å². The molecule has 0 aliphatic carbocycles. The number of benzene rings is 1. The Morgan fingerprint density at radius 3 is 2.56 bits per heavy atom. The maximum absolute atomic E-state index is 13.9. The van der Waals surface area contributed by atoms with Gasteiger partial charge in [0.1, 0.15) is 5.82 Å². The number of aryl methyl sites for hydroxylation is 1. The van der Waals surface area contributed by atoms with Crippen molar-refractivity contribution in [3.63, 3.8) is 0 Å². The average molecular weight is 383 g/mol. The van der Waals surface area contributed by atoms with Crippen molar-refractivity contribution in [2.75, 3.05) is 25.6 Å². The molecule has 6 nitrogen and oxygen atoms in total.